The maximum atomic E-state index is 12.5. The molecule has 0 unspecified atom stereocenters. The molecule has 14 heteroatoms. The van der Waals surface area contributed by atoms with E-state index in [-0.39, 0.29) is 0 Å². The van der Waals surface area contributed by atoms with Gasteiger partial charge in [0.15, 0.2) is 13.3 Å². The zero-order valence-corrected chi connectivity index (χ0v) is 11.7. The molecule has 0 saturated carbocycles. The Kier molecular flexibility index (Phi) is 6.90. The first-order valence-electron chi connectivity index (χ1n) is 4.98. The zero-order valence-electron chi connectivity index (χ0n) is 10.1. The van der Waals surface area contributed by atoms with Crippen LogP contribution >= 0.6 is 0 Å². The first-order valence-corrected chi connectivity index (χ1v) is 7.80. The summed E-state index contributed by atoms with van der Waals surface area (Å²) in [7, 11) is -11.2. The highest BCUT2D eigenvalue weighted by atomic mass is 32.2. The maximum Gasteiger partial charge on any atom is 0.397 e. The van der Waals surface area contributed by atoms with Crippen molar-refractivity contribution in [3.8, 4) is 0 Å². The van der Waals surface area contributed by atoms with Crippen molar-refractivity contribution in [2.75, 3.05) is 26.6 Å². The lowest BCUT2D eigenvalue weighted by Crippen LogP contribution is -2.34. The van der Waals surface area contributed by atoms with E-state index in [9.17, 15) is 43.2 Å². The first-order chi connectivity index (χ1) is 9.33. The van der Waals surface area contributed by atoms with E-state index in [1.165, 1.54) is 0 Å². The van der Waals surface area contributed by atoms with Gasteiger partial charge in [0.05, 0.1) is 13.2 Å². The standard InChI is InChI=1S/C7H10F6O6S2/c8-4-6(10,11)20(14,15)18-2-1-3-19-21(16,17)7(12,13)5-9/h1-5H2. The molecule has 0 aliphatic carbocycles. The molecule has 0 N–H and O–H groups in total. The Hall–Kier alpha value is -0.600. The fraction of sp³-hybridized carbons (Fsp3) is 1.00. The molecule has 0 aliphatic heterocycles. The van der Waals surface area contributed by atoms with Crippen LogP contribution in [-0.4, -0.2) is 53.9 Å². The third-order valence-electron chi connectivity index (χ3n) is 1.81. The number of halogens is 6. The minimum Gasteiger partial charge on any atom is -0.265 e. The molecule has 0 aromatic carbocycles. The van der Waals surface area contributed by atoms with Crippen LogP contribution < -0.4 is 0 Å². The summed E-state index contributed by atoms with van der Waals surface area (Å²) >= 11 is 0. The van der Waals surface area contributed by atoms with E-state index < -0.39 is 63.7 Å². The summed E-state index contributed by atoms with van der Waals surface area (Å²) in [5, 5.41) is -9.58. The van der Waals surface area contributed by atoms with Crippen molar-refractivity contribution in [3.63, 3.8) is 0 Å². The van der Waals surface area contributed by atoms with Crippen LogP contribution in [0.5, 0.6) is 0 Å². The number of alkyl halides is 6. The van der Waals surface area contributed by atoms with Gasteiger partial charge in [-0.3, -0.25) is 8.37 Å². The molecule has 0 atom stereocenters. The van der Waals surface area contributed by atoms with Crippen molar-refractivity contribution in [1.82, 2.24) is 0 Å². The molecule has 0 aromatic rings. The summed E-state index contributed by atoms with van der Waals surface area (Å²) in [6, 6.07) is 0. The summed E-state index contributed by atoms with van der Waals surface area (Å²) in [6.07, 6.45) is -0.719. The van der Waals surface area contributed by atoms with Gasteiger partial charge in [0.2, 0.25) is 0 Å². The van der Waals surface area contributed by atoms with Gasteiger partial charge < -0.3 is 0 Å². The van der Waals surface area contributed by atoms with Gasteiger partial charge in [-0.15, -0.1) is 0 Å². The van der Waals surface area contributed by atoms with Crippen molar-refractivity contribution in [2.24, 2.45) is 0 Å². The van der Waals surface area contributed by atoms with Crippen molar-refractivity contribution in [1.29, 1.82) is 0 Å². The smallest absolute Gasteiger partial charge is 0.265 e. The summed E-state index contributed by atoms with van der Waals surface area (Å²) in [5.41, 5.74) is 0. The quantitative estimate of drug-likeness (QED) is 0.327. The Morgan fingerprint density at radius 3 is 1.24 bits per heavy atom. The summed E-state index contributed by atoms with van der Waals surface area (Å²) in [5.74, 6) is 0. The SMILES string of the molecule is O=S(=O)(OCCCOS(=O)(=O)C(F)(F)CF)C(F)(F)CF. The lowest BCUT2D eigenvalue weighted by Gasteiger charge is -2.14. The lowest BCUT2D eigenvalue weighted by molar-refractivity contribution is 0.0429. The van der Waals surface area contributed by atoms with Crippen molar-refractivity contribution in [2.45, 2.75) is 16.9 Å². The number of hydrogen-bond acceptors (Lipinski definition) is 6. The second kappa shape index (κ2) is 7.11. The van der Waals surface area contributed by atoms with E-state index >= 15 is 0 Å². The molecule has 0 bridgehead atoms. The number of hydrogen-bond donors (Lipinski definition) is 0. The highest BCUT2D eigenvalue weighted by Gasteiger charge is 2.47. The maximum absolute atomic E-state index is 12.5. The molecule has 0 spiro atoms. The van der Waals surface area contributed by atoms with Crippen molar-refractivity contribution in [3.05, 3.63) is 0 Å². The zero-order chi connectivity index (χ0) is 16.9. The van der Waals surface area contributed by atoms with Crippen LogP contribution in [0.3, 0.4) is 0 Å². The van der Waals surface area contributed by atoms with E-state index in [0.717, 1.165) is 0 Å². The fourth-order valence-corrected chi connectivity index (χ4v) is 1.99. The molecule has 21 heavy (non-hydrogen) atoms. The molecule has 6 nitrogen and oxygen atoms in total. The van der Waals surface area contributed by atoms with Crippen LogP contribution in [0.2, 0.25) is 0 Å². The van der Waals surface area contributed by atoms with Crippen molar-refractivity contribution >= 4 is 20.2 Å². The van der Waals surface area contributed by atoms with Gasteiger partial charge in [0.1, 0.15) is 0 Å². The van der Waals surface area contributed by atoms with E-state index in [1.807, 2.05) is 0 Å². The Morgan fingerprint density at radius 2 is 1.00 bits per heavy atom. The van der Waals surface area contributed by atoms with Crippen molar-refractivity contribution < 1.29 is 51.5 Å². The Labute approximate surface area is 116 Å². The fourth-order valence-electron chi connectivity index (χ4n) is 0.702. The molecule has 0 saturated heterocycles. The van der Waals surface area contributed by atoms with Gasteiger partial charge >= 0.3 is 30.7 Å². The van der Waals surface area contributed by atoms with Gasteiger partial charge in [0.25, 0.3) is 0 Å². The van der Waals surface area contributed by atoms with E-state index in [0.29, 0.717) is 0 Å². The molecule has 0 radical (unpaired) electrons. The van der Waals surface area contributed by atoms with Crippen LogP contribution in [0, 0.1) is 0 Å². The van der Waals surface area contributed by atoms with E-state index in [4.69, 9.17) is 0 Å². The summed E-state index contributed by atoms with van der Waals surface area (Å²) in [6.45, 7) is -7.23. The predicted molar refractivity (Wildman–Crippen MR) is 56.2 cm³/mol. The van der Waals surface area contributed by atoms with Gasteiger partial charge in [-0.2, -0.15) is 34.4 Å². The normalized spacial score (nSPS) is 14.4. The second-order valence-electron chi connectivity index (χ2n) is 3.45. The minimum atomic E-state index is -5.58. The third-order valence-corrected chi connectivity index (χ3v) is 4.44. The first kappa shape index (κ1) is 20.4. The Morgan fingerprint density at radius 1 is 0.714 bits per heavy atom. The molecule has 0 heterocycles. The molecule has 0 amide bonds. The Balaban J connectivity index is 4.33. The topological polar surface area (TPSA) is 86.7 Å². The summed E-state index contributed by atoms with van der Waals surface area (Å²) < 4.78 is 124. The van der Waals surface area contributed by atoms with Crippen LogP contribution in [0.4, 0.5) is 26.3 Å². The second-order valence-corrected chi connectivity index (χ2v) is 6.93. The largest absolute Gasteiger partial charge is 0.397 e. The van der Waals surface area contributed by atoms with Gasteiger partial charge in [-0.25, -0.2) is 8.78 Å². The van der Waals surface area contributed by atoms with Gasteiger partial charge in [-0.05, 0) is 6.42 Å². The highest BCUT2D eigenvalue weighted by Crippen LogP contribution is 2.25. The van der Waals surface area contributed by atoms with Crippen LogP contribution in [0.25, 0.3) is 0 Å². The van der Waals surface area contributed by atoms with E-state index in [1.54, 1.807) is 0 Å². The van der Waals surface area contributed by atoms with Crippen LogP contribution in [-0.2, 0) is 28.6 Å². The molecule has 128 valence electrons. The molecule has 0 rings (SSSR count). The average Bonchev–Trinajstić information content (AvgIpc) is 2.37. The highest BCUT2D eigenvalue weighted by molar-refractivity contribution is 7.88. The van der Waals surface area contributed by atoms with Gasteiger partial charge in [0, 0.05) is 0 Å². The number of rotatable bonds is 10. The predicted octanol–water partition coefficient (Wildman–Crippen LogP) is 1.19. The monoisotopic (exact) mass is 368 g/mol. The van der Waals surface area contributed by atoms with E-state index in [2.05, 4.69) is 8.37 Å². The van der Waals surface area contributed by atoms with Crippen LogP contribution in [0.1, 0.15) is 6.42 Å². The molecular formula is C7H10F6O6S2. The molecular weight excluding hydrogens is 358 g/mol. The minimum absolute atomic E-state index is 0.719. The summed E-state index contributed by atoms with van der Waals surface area (Å²) in [4.78, 5) is 0. The average molecular weight is 368 g/mol. The van der Waals surface area contributed by atoms with Gasteiger partial charge in [-0.1, -0.05) is 0 Å². The molecule has 0 fully saturated rings. The Bertz CT molecular complexity index is 482. The molecule has 0 aromatic heterocycles. The van der Waals surface area contributed by atoms with Crippen LogP contribution in [0.15, 0.2) is 0 Å². The lowest BCUT2D eigenvalue weighted by atomic mass is 10.5. The third kappa shape index (κ3) is 5.27. The molecule has 0 aliphatic rings.